The Bertz CT molecular complexity index is 1710. The number of nitrogens with zero attached hydrogens (tertiary/aromatic N) is 1. The normalized spacial score (nSPS) is 12.6. The summed E-state index contributed by atoms with van der Waals surface area (Å²) in [7, 11) is 6.01. The summed E-state index contributed by atoms with van der Waals surface area (Å²) < 4.78 is 23.1. The number of hydrogen-bond donors (Lipinski definition) is 1. The van der Waals surface area contributed by atoms with Crippen molar-refractivity contribution < 1.29 is 42.9 Å². The molecule has 101 heavy (non-hydrogen) atoms. The van der Waals surface area contributed by atoms with Crippen molar-refractivity contribution in [2.45, 2.75) is 501 Å². The highest BCUT2D eigenvalue weighted by Gasteiger charge is 2.25. The van der Waals surface area contributed by atoms with E-state index in [4.69, 9.17) is 18.9 Å². The molecule has 1 N–H and O–H groups in total. The van der Waals surface area contributed by atoms with Gasteiger partial charge in [0.05, 0.1) is 34.4 Å². The summed E-state index contributed by atoms with van der Waals surface area (Å²) in [6.07, 6.45) is 105. The zero-order valence-electron chi connectivity index (χ0n) is 68.9. The lowest BCUT2D eigenvalue weighted by atomic mass is 10.0. The Morgan fingerprint density at radius 3 is 0.733 bits per heavy atom. The average molecular weight is 1430 g/mol. The number of carbonyl (C=O) groups excluding carboxylic acids is 2. The van der Waals surface area contributed by atoms with Gasteiger partial charge in [-0.3, -0.25) is 9.59 Å². The number of allylic oxidation sites excluding steroid dienone is 4. The first-order valence-corrected chi connectivity index (χ1v) is 45.5. The minimum Gasteiger partial charge on any atom is -0.477 e. The molecule has 9 heteroatoms. The van der Waals surface area contributed by atoms with Crippen LogP contribution < -0.4 is 0 Å². The minimum absolute atomic E-state index is 0.173. The number of carboxylic acid groups (broad SMARTS) is 1. The fourth-order valence-corrected chi connectivity index (χ4v) is 14.2. The molecular weight excluding hydrogens is 1250 g/mol. The van der Waals surface area contributed by atoms with E-state index in [0.717, 1.165) is 38.5 Å². The lowest BCUT2D eigenvalue weighted by Gasteiger charge is -2.25. The molecule has 0 radical (unpaired) electrons. The van der Waals surface area contributed by atoms with Crippen molar-refractivity contribution in [3.05, 3.63) is 24.3 Å². The van der Waals surface area contributed by atoms with Gasteiger partial charge in [-0.2, -0.15) is 0 Å². The van der Waals surface area contributed by atoms with E-state index < -0.39 is 18.4 Å². The molecule has 0 fully saturated rings. The summed E-state index contributed by atoms with van der Waals surface area (Å²) in [6, 6.07) is 0. The molecule has 598 valence electrons. The molecule has 0 spiro atoms. The largest absolute Gasteiger partial charge is 0.477 e. The van der Waals surface area contributed by atoms with Gasteiger partial charge in [-0.1, -0.05) is 436 Å². The first-order valence-electron chi connectivity index (χ1n) is 45.5. The van der Waals surface area contributed by atoms with Crippen LogP contribution in [0.3, 0.4) is 0 Å². The minimum atomic E-state index is -1.51. The summed E-state index contributed by atoms with van der Waals surface area (Å²) in [6.45, 7) is 4.98. The first-order chi connectivity index (χ1) is 49.6. The average Bonchev–Trinajstić information content (AvgIpc) is 1.21. The van der Waals surface area contributed by atoms with Crippen LogP contribution in [0.15, 0.2) is 24.3 Å². The number of ether oxygens (including phenoxy) is 4. The lowest BCUT2D eigenvalue weighted by molar-refractivity contribution is -0.870. The number of esters is 2. The molecule has 0 aliphatic rings. The molecule has 0 aromatic carbocycles. The molecule has 0 aromatic rings. The van der Waals surface area contributed by atoms with Gasteiger partial charge in [-0.25, -0.2) is 4.79 Å². The van der Waals surface area contributed by atoms with E-state index in [1.54, 1.807) is 0 Å². The summed E-state index contributed by atoms with van der Waals surface area (Å²) in [4.78, 5) is 37.8. The molecule has 9 nitrogen and oxygen atoms in total. The topological polar surface area (TPSA) is 108 Å². The third-order valence-electron chi connectivity index (χ3n) is 21.2. The fourth-order valence-electron chi connectivity index (χ4n) is 14.2. The van der Waals surface area contributed by atoms with Gasteiger partial charge in [0.25, 0.3) is 6.29 Å². The number of carboxylic acids is 1. The van der Waals surface area contributed by atoms with E-state index >= 15 is 0 Å². The van der Waals surface area contributed by atoms with Crippen LogP contribution in [0.1, 0.15) is 489 Å². The number of quaternary nitrogens is 1. The molecule has 2 unspecified atom stereocenters. The summed E-state index contributed by atoms with van der Waals surface area (Å²) in [5, 5.41) is 9.79. The Kier molecular flexibility index (Phi) is 81.6. The molecule has 0 aromatic heterocycles. The number of aliphatic carboxylic acids is 1. The number of rotatable bonds is 87. The maximum atomic E-state index is 13.0. The van der Waals surface area contributed by atoms with E-state index in [0.29, 0.717) is 17.4 Å². The van der Waals surface area contributed by atoms with E-state index in [2.05, 4.69) is 38.2 Å². The third-order valence-corrected chi connectivity index (χ3v) is 21.2. The fraction of sp³-hybridized carbons (Fsp3) is 0.924. The van der Waals surface area contributed by atoms with E-state index in [-0.39, 0.29) is 38.2 Å². The predicted octanol–water partition coefficient (Wildman–Crippen LogP) is 29.6. The van der Waals surface area contributed by atoms with Gasteiger partial charge in [-0.15, -0.1) is 0 Å². The number of unbranched alkanes of at least 4 members (excludes halogenated alkanes) is 68. The second-order valence-electron chi connectivity index (χ2n) is 32.6. The molecule has 0 aliphatic heterocycles. The van der Waals surface area contributed by atoms with E-state index in [1.807, 2.05) is 21.1 Å². The third kappa shape index (κ3) is 84.9. The smallest absolute Gasteiger partial charge is 0.361 e. The second kappa shape index (κ2) is 83.4. The van der Waals surface area contributed by atoms with Crippen LogP contribution in [0.5, 0.6) is 0 Å². The van der Waals surface area contributed by atoms with Crippen molar-refractivity contribution in [3.8, 4) is 0 Å². The van der Waals surface area contributed by atoms with Crippen molar-refractivity contribution in [2.75, 3.05) is 47.5 Å². The Labute approximate surface area is 630 Å². The van der Waals surface area contributed by atoms with E-state index in [1.165, 1.54) is 424 Å². The Hall–Kier alpha value is -2.23. The number of likely N-dealkylation sites (N-methyl/N-ethyl adjacent to an activating group) is 1. The summed E-state index contributed by atoms with van der Waals surface area (Å²) >= 11 is 0. The summed E-state index contributed by atoms with van der Waals surface area (Å²) in [5.74, 6) is -1.96. The lowest BCUT2D eigenvalue weighted by Crippen LogP contribution is -2.40. The van der Waals surface area contributed by atoms with Crippen LogP contribution in [-0.2, 0) is 33.3 Å². The van der Waals surface area contributed by atoms with Crippen molar-refractivity contribution >= 4 is 17.9 Å². The predicted molar refractivity (Wildman–Crippen MR) is 438 cm³/mol. The zero-order chi connectivity index (χ0) is 73.2. The van der Waals surface area contributed by atoms with Gasteiger partial charge in [0.15, 0.2) is 6.10 Å². The van der Waals surface area contributed by atoms with Crippen LogP contribution in [0, 0.1) is 0 Å². The first kappa shape index (κ1) is 98.8. The molecule has 0 saturated carbocycles. The molecule has 0 bridgehead atoms. The molecule has 0 heterocycles. The van der Waals surface area contributed by atoms with Crippen LogP contribution in [0.4, 0.5) is 0 Å². The van der Waals surface area contributed by atoms with Gasteiger partial charge in [0.1, 0.15) is 13.2 Å². The molecule has 0 saturated heterocycles. The van der Waals surface area contributed by atoms with Crippen LogP contribution >= 0.6 is 0 Å². The van der Waals surface area contributed by atoms with Crippen molar-refractivity contribution in [2.24, 2.45) is 0 Å². The highest BCUT2D eigenvalue weighted by molar-refractivity contribution is 5.71. The van der Waals surface area contributed by atoms with Crippen LogP contribution in [0.2, 0.25) is 0 Å². The molecule has 0 rings (SSSR count). The Balaban J connectivity index is 3.88. The summed E-state index contributed by atoms with van der Waals surface area (Å²) in [5.41, 5.74) is 0. The maximum absolute atomic E-state index is 13.0. The van der Waals surface area contributed by atoms with Gasteiger partial charge in [0.2, 0.25) is 0 Å². The Morgan fingerprint density at radius 1 is 0.287 bits per heavy atom. The van der Waals surface area contributed by atoms with Crippen LogP contribution in [-0.4, -0.2) is 87.4 Å². The van der Waals surface area contributed by atoms with Crippen LogP contribution in [0.25, 0.3) is 0 Å². The van der Waals surface area contributed by atoms with Crippen molar-refractivity contribution in [3.63, 3.8) is 0 Å². The van der Waals surface area contributed by atoms with E-state index in [9.17, 15) is 19.5 Å². The SMILES string of the molecule is CCCCCCCCCC/C=C\CCCCCCCCCCCCCCCCCCCCCCCCCCCCCC(=O)OC(COC(=O)CCCCCCCCCCCCCCCCCCCCCCCCCCC/C=C\CCCCCCCCCC)COC(OCC[N+](C)(C)C)C(=O)O. The zero-order valence-corrected chi connectivity index (χ0v) is 68.9. The quantitative estimate of drug-likeness (QED) is 0.0211. The molecule has 0 amide bonds. The van der Waals surface area contributed by atoms with Crippen molar-refractivity contribution in [1.82, 2.24) is 0 Å². The monoisotopic (exact) mass is 1430 g/mol. The maximum Gasteiger partial charge on any atom is 0.361 e. The second-order valence-corrected chi connectivity index (χ2v) is 32.6. The molecular formula is C92H178NO8+. The Morgan fingerprint density at radius 2 is 0.505 bits per heavy atom. The molecule has 2 atom stereocenters. The van der Waals surface area contributed by atoms with Crippen molar-refractivity contribution in [1.29, 1.82) is 0 Å². The van der Waals surface area contributed by atoms with Gasteiger partial charge >= 0.3 is 17.9 Å². The number of carbonyl (C=O) groups is 3. The van der Waals surface area contributed by atoms with Gasteiger partial charge < -0.3 is 28.5 Å². The number of hydrogen-bond acceptors (Lipinski definition) is 7. The van der Waals surface area contributed by atoms with Gasteiger partial charge in [0, 0.05) is 12.8 Å². The molecule has 0 aliphatic carbocycles. The standard InChI is InChI=1S/C92H177NO8/c1-6-8-10-12-14-16-18-20-22-24-26-28-30-32-34-36-38-40-42-44-45-47-49-51-53-55-57-59-61-63-65-67-69-71-73-75-77-79-81-83-90(95)101-88(87-100-92(91(96)97)98-85-84-93(3,4)5)86-99-89(94)82-80-78-76-74-72-70-68-66-64-62-60-58-56-54-52-50-48-46-43-41-39-37-35-33-31-29-27-25-23-21-19-17-15-13-11-9-7-2/h24-27,88,92H,6-23,28-87H2,1-5H3/p+1/b26-24-,27-25-. The van der Waals surface area contributed by atoms with Gasteiger partial charge in [-0.05, 0) is 64.2 Å². The highest BCUT2D eigenvalue weighted by Crippen LogP contribution is 2.21. The highest BCUT2D eigenvalue weighted by atomic mass is 16.7.